The highest BCUT2D eigenvalue weighted by molar-refractivity contribution is 6.01. The molecule has 3 rings (SSSR count). The van der Waals surface area contributed by atoms with Crippen molar-refractivity contribution in [2.24, 2.45) is 0 Å². The van der Waals surface area contributed by atoms with Crippen LogP contribution in [-0.2, 0) is 20.8 Å². The van der Waals surface area contributed by atoms with E-state index < -0.39 is 11.9 Å². The van der Waals surface area contributed by atoms with Crippen molar-refractivity contribution in [1.82, 2.24) is 25.6 Å². The molecular weight excluding hydrogens is 274 g/mol. The van der Waals surface area contributed by atoms with Gasteiger partial charge in [0, 0.05) is 12.6 Å². The van der Waals surface area contributed by atoms with Crippen LogP contribution in [-0.4, -0.2) is 38.7 Å². The predicted molar refractivity (Wildman–Crippen MR) is 71.9 cm³/mol. The van der Waals surface area contributed by atoms with Gasteiger partial charge in [-0.05, 0) is 12.5 Å². The topological polar surface area (TPSA) is 117 Å². The fourth-order valence-electron chi connectivity index (χ4n) is 2.28. The van der Waals surface area contributed by atoms with E-state index in [0.29, 0.717) is 17.6 Å². The molecule has 21 heavy (non-hydrogen) atoms. The number of pyridine rings is 1. The van der Waals surface area contributed by atoms with Crippen LogP contribution < -0.4 is 10.6 Å². The molecule has 3 amide bonds. The molecule has 0 spiro atoms. The van der Waals surface area contributed by atoms with E-state index in [9.17, 15) is 14.4 Å². The number of imide groups is 1. The normalized spacial score (nSPS) is 18.6. The Morgan fingerprint density at radius 2 is 2.24 bits per heavy atom. The van der Waals surface area contributed by atoms with Crippen molar-refractivity contribution < 1.29 is 14.4 Å². The molecule has 2 aromatic rings. The van der Waals surface area contributed by atoms with Gasteiger partial charge in [0.2, 0.25) is 17.7 Å². The molecule has 3 N–H and O–H groups in total. The van der Waals surface area contributed by atoms with Crippen LogP contribution in [0, 0.1) is 0 Å². The average Bonchev–Trinajstić information content (AvgIpc) is 2.91. The quantitative estimate of drug-likeness (QED) is 0.653. The largest absolute Gasteiger partial charge is 0.344 e. The first-order chi connectivity index (χ1) is 10.1. The van der Waals surface area contributed by atoms with Crippen LogP contribution in [0.2, 0.25) is 0 Å². The number of amides is 3. The first kappa shape index (κ1) is 13.2. The molecule has 0 bridgehead atoms. The first-order valence-corrected chi connectivity index (χ1v) is 6.53. The molecule has 2 aromatic heterocycles. The van der Waals surface area contributed by atoms with Gasteiger partial charge in [-0.2, -0.15) is 0 Å². The molecule has 0 radical (unpaired) electrons. The van der Waals surface area contributed by atoms with E-state index in [4.69, 9.17) is 0 Å². The van der Waals surface area contributed by atoms with Gasteiger partial charge < -0.3 is 10.3 Å². The summed E-state index contributed by atoms with van der Waals surface area (Å²) in [5.74, 6) is -1.11. The van der Waals surface area contributed by atoms with Crippen LogP contribution in [0.15, 0.2) is 18.6 Å². The van der Waals surface area contributed by atoms with Gasteiger partial charge in [-0.1, -0.05) is 0 Å². The third kappa shape index (κ3) is 2.73. The van der Waals surface area contributed by atoms with Crippen molar-refractivity contribution >= 4 is 28.8 Å². The second-order valence-corrected chi connectivity index (χ2v) is 4.80. The third-order valence-electron chi connectivity index (χ3n) is 3.32. The van der Waals surface area contributed by atoms with Crippen LogP contribution >= 0.6 is 0 Å². The Morgan fingerprint density at radius 1 is 1.38 bits per heavy atom. The number of nitrogens with zero attached hydrogens (tertiary/aromatic N) is 2. The monoisotopic (exact) mass is 287 g/mol. The van der Waals surface area contributed by atoms with Crippen LogP contribution in [0.25, 0.3) is 11.0 Å². The van der Waals surface area contributed by atoms with Gasteiger partial charge >= 0.3 is 0 Å². The summed E-state index contributed by atoms with van der Waals surface area (Å²) in [7, 11) is 0. The standard InChI is InChI=1S/C13H13N5O3/c19-10-2-1-8(13(21)18-10)17-11(20)5-9-12-7(3-4-14-9)15-6-16-12/h3-4,6,8H,1-2,5H2,(H,15,16)(H,17,20)(H,18,19,21). The predicted octanol–water partition coefficient (Wildman–Crippen LogP) is -0.578. The van der Waals surface area contributed by atoms with Gasteiger partial charge in [-0.15, -0.1) is 0 Å². The number of hydrogen-bond donors (Lipinski definition) is 3. The lowest BCUT2D eigenvalue weighted by molar-refractivity contribution is -0.137. The second-order valence-electron chi connectivity index (χ2n) is 4.80. The summed E-state index contributed by atoms with van der Waals surface area (Å²) in [6.07, 6.45) is 3.70. The molecule has 1 aliphatic heterocycles. The number of carbonyl (C=O) groups excluding carboxylic acids is 3. The Bertz CT molecular complexity index is 723. The number of aromatic nitrogens is 3. The number of rotatable bonds is 3. The number of H-pyrrole nitrogens is 1. The Labute approximate surface area is 119 Å². The maximum Gasteiger partial charge on any atom is 0.249 e. The molecule has 0 aliphatic carbocycles. The van der Waals surface area contributed by atoms with Crippen molar-refractivity contribution in [2.75, 3.05) is 0 Å². The van der Waals surface area contributed by atoms with Crippen molar-refractivity contribution in [3.8, 4) is 0 Å². The molecule has 1 saturated heterocycles. The number of imidazole rings is 1. The summed E-state index contributed by atoms with van der Waals surface area (Å²) >= 11 is 0. The van der Waals surface area contributed by atoms with E-state index in [1.165, 1.54) is 6.33 Å². The van der Waals surface area contributed by atoms with E-state index in [0.717, 1.165) is 5.52 Å². The number of nitrogens with one attached hydrogen (secondary N) is 3. The fourth-order valence-corrected chi connectivity index (χ4v) is 2.28. The third-order valence-corrected chi connectivity index (χ3v) is 3.32. The second kappa shape index (κ2) is 5.31. The van der Waals surface area contributed by atoms with Crippen molar-refractivity contribution in [2.45, 2.75) is 25.3 Å². The summed E-state index contributed by atoms with van der Waals surface area (Å²) < 4.78 is 0. The van der Waals surface area contributed by atoms with Gasteiger partial charge in [0.1, 0.15) is 11.6 Å². The molecular formula is C13H13N5O3. The minimum Gasteiger partial charge on any atom is -0.344 e. The lowest BCUT2D eigenvalue weighted by Crippen LogP contribution is -2.52. The molecule has 1 fully saturated rings. The van der Waals surface area contributed by atoms with Crippen molar-refractivity contribution in [3.63, 3.8) is 0 Å². The molecule has 1 atom stereocenters. The number of piperidine rings is 1. The summed E-state index contributed by atoms with van der Waals surface area (Å²) in [6.45, 7) is 0. The number of hydrogen-bond acceptors (Lipinski definition) is 5. The van der Waals surface area contributed by atoms with Crippen molar-refractivity contribution in [1.29, 1.82) is 0 Å². The molecule has 3 heterocycles. The highest BCUT2D eigenvalue weighted by Crippen LogP contribution is 2.12. The highest BCUT2D eigenvalue weighted by Gasteiger charge is 2.27. The molecule has 1 unspecified atom stereocenters. The molecule has 8 heteroatoms. The number of fused-ring (bicyclic) bond motifs is 1. The molecule has 108 valence electrons. The zero-order valence-corrected chi connectivity index (χ0v) is 11.0. The Morgan fingerprint density at radius 3 is 3.05 bits per heavy atom. The average molecular weight is 287 g/mol. The van der Waals surface area contributed by atoms with E-state index in [1.807, 2.05) is 0 Å². The van der Waals surface area contributed by atoms with Crippen LogP contribution in [0.3, 0.4) is 0 Å². The van der Waals surface area contributed by atoms with Gasteiger partial charge in [0.15, 0.2) is 0 Å². The Kier molecular flexibility index (Phi) is 3.35. The van der Waals surface area contributed by atoms with Gasteiger partial charge in [-0.25, -0.2) is 4.98 Å². The molecule has 1 aliphatic rings. The number of aromatic amines is 1. The lowest BCUT2D eigenvalue weighted by atomic mass is 10.1. The number of carbonyl (C=O) groups is 3. The molecule has 8 nitrogen and oxygen atoms in total. The van der Waals surface area contributed by atoms with E-state index in [-0.39, 0.29) is 24.7 Å². The zero-order valence-electron chi connectivity index (χ0n) is 11.0. The zero-order chi connectivity index (χ0) is 14.8. The van der Waals surface area contributed by atoms with Crippen molar-refractivity contribution in [3.05, 3.63) is 24.3 Å². The summed E-state index contributed by atoms with van der Waals surface area (Å²) in [6, 6.07) is 1.10. The van der Waals surface area contributed by atoms with Crippen LogP contribution in [0.5, 0.6) is 0 Å². The maximum atomic E-state index is 12.0. The van der Waals surface area contributed by atoms with E-state index in [1.54, 1.807) is 12.3 Å². The van der Waals surface area contributed by atoms with E-state index in [2.05, 4.69) is 25.6 Å². The Hall–Kier alpha value is -2.77. The lowest BCUT2D eigenvalue weighted by Gasteiger charge is -2.21. The minimum absolute atomic E-state index is 0.0277. The van der Waals surface area contributed by atoms with Gasteiger partial charge in [0.05, 0.1) is 24.0 Å². The summed E-state index contributed by atoms with van der Waals surface area (Å²) in [5, 5.41) is 4.81. The fraction of sp³-hybridized carbons (Fsp3) is 0.308. The molecule has 0 aromatic carbocycles. The van der Waals surface area contributed by atoms with E-state index >= 15 is 0 Å². The molecule has 0 saturated carbocycles. The van der Waals surface area contributed by atoms with Crippen LogP contribution in [0.4, 0.5) is 0 Å². The minimum atomic E-state index is -0.673. The highest BCUT2D eigenvalue weighted by atomic mass is 16.2. The summed E-state index contributed by atoms with van der Waals surface area (Å²) in [4.78, 5) is 45.9. The maximum absolute atomic E-state index is 12.0. The smallest absolute Gasteiger partial charge is 0.249 e. The SMILES string of the molecule is O=C1CCC(NC(=O)Cc2nccc3[nH]cnc23)C(=O)N1. The van der Waals surface area contributed by atoms with Crippen LogP contribution in [0.1, 0.15) is 18.5 Å². The van der Waals surface area contributed by atoms with Gasteiger partial charge in [0.25, 0.3) is 0 Å². The summed E-state index contributed by atoms with van der Waals surface area (Å²) in [5.41, 5.74) is 1.98. The van der Waals surface area contributed by atoms with Gasteiger partial charge in [-0.3, -0.25) is 24.7 Å². The Balaban J connectivity index is 1.68. The first-order valence-electron chi connectivity index (χ1n) is 6.53.